The second-order valence-electron chi connectivity index (χ2n) is 8.39. The van der Waals surface area contributed by atoms with Crippen molar-refractivity contribution in [3.8, 4) is 5.75 Å². The van der Waals surface area contributed by atoms with Gasteiger partial charge in [0.25, 0.3) is 5.08 Å². The van der Waals surface area contributed by atoms with Crippen LogP contribution in [-0.2, 0) is 14.2 Å². The van der Waals surface area contributed by atoms with E-state index < -0.39 is 48.5 Å². The predicted molar refractivity (Wildman–Crippen MR) is 116 cm³/mol. The number of aromatic nitrogens is 1. The third kappa shape index (κ3) is 3.64. The molecule has 3 heterocycles. The van der Waals surface area contributed by atoms with Crippen LogP contribution in [0.2, 0.25) is 0 Å². The van der Waals surface area contributed by atoms with Crippen LogP contribution in [0.3, 0.4) is 0 Å². The largest absolute Gasteiger partial charge is 0.487 e. The Kier molecular flexibility index (Phi) is 5.79. The van der Waals surface area contributed by atoms with E-state index in [1.807, 2.05) is 7.05 Å². The molecule has 5 N–H and O–H groups in total. The van der Waals surface area contributed by atoms with Gasteiger partial charge < -0.3 is 43.8 Å². The summed E-state index contributed by atoms with van der Waals surface area (Å²) < 4.78 is 46.4. The zero-order valence-corrected chi connectivity index (χ0v) is 19.5. The lowest BCUT2D eigenvalue weighted by atomic mass is 10.1. The molecule has 4 rings (SSSR count). The van der Waals surface area contributed by atoms with E-state index in [0.29, 0.717) is 26.2 Å². The second kappa shape index (κ2) is 7.86. The van der Waals surface area contributed by atoms with Crippen LogP contribution in [0, 0.1) is 5.82 Å². The maximum Gasteiger partial charge on any atom is 0.374 e. The Morgan fingerprint density at radius 3 is 2.24 bits per heavy atom. The third-order valence-electron chi connectivity index (χ3n) is 6.14. The fourth-order valence-corrected chi connectivity index (χ4v) is 6.56. The number of benzene rings is 1. The van der Waals surface area contributed by atoms with Crippen LogP contribution >= 0.6 is 15.2 Å². The number of ether oxygens (including phenoxy) is 1. The summed E-state index contributed by atoms with van der Waals surface area (Å²) in [7, 11) is -10.0. The predicted octanol–water partition coefficient (Wildman–Crippen LogP) is 0.304. The third-order valence-corrected chi connectivity index (χ3v) is 9.80. The SMILES string of the molecule is CC1COc2c(N3CCN(C)CC3)c(F)cc3c(=O)c(C(O)(P(=O)(O)O)P(=O)(O)O)cn1c23. The van der Waals surface area contributed by atoms with Crippen molar-refractivity contribution in [1.82, 2.24) is 9.47 Å². The van der Waals surface area contributed by atoms with Crippen molar-refractivity contribution in [1.29, 1.82) is 0 Å². The number of nitrogens with zero attached hydrogens (tertiary/aromatic N) is 3. The number of hydrogen-bond acceptors (Lipinski definition) is 7. The van der Waals surface area contributed by atoms with Gasteiger partial charge in [0, 0.05) is 32.4 Å². The average molecular weight is 507 g/mol. The molecule has 0 saturated carbocycles. The smallest absolute Gasteiger partial charge is 0.374 e. The van der Waals surface area contributed by atoms with Crippen molar-refractivity contribution in [2.45, 2.75) is 18.0 Å². The van der Waals surface area contributed by atoms with E-state index in [-0.39, 0.29) is 23.6 Å². The van der Waals surface area contributed by atoms with E-state index in [4.69, 9.17) is 4.74 Å². The Morgan fingerprint density at radius 2 is 1.70 bits per heavy atom. The lowest BCUT2D eigenvalue weighted by molar-refractivity contribution is 0.129. The number of likely N-dealkylation sites (N-methyl/N-ethyl adjacent to an activating group) is 1. The number of rotatable bonds is 4. The van der Waals surface area contributed by atoms with Crippen LogP contribution in [0.4, 0.5) is 10.1 Å². The molecule has 1 unspecified atom stereocenters. The van der Waals surface area contributed by atoms with Crippen molar-refractivity contribution >= 4 is 31.8 Å². The molecule has 2 aliphatic rings. The van der Waals surface area contributed by atoms with E-state index in [1.54, 1.807) is 11.8 Å². The first kappa shape index (κ1) is 24.3. The van der Waals surface area contributed by atoms with Crippen LogP contribution < -0.4 is 15.1 Å². The van der Waals surface area contributed by atoms with Gasteiger partial charge >= 0.3 is 15.2 Å². The first-order chi connectivity index (χ1) is 15.2. The van der Waals surface area contributed by atoms with Crippen LogP contribution in [0.5, 0.6) is 5.75 Å². The minimum absolute atomic E-state index is 0.0150. The van der Waals surface area contributed by atoms with Gasteiger partial charge in [-0.05, 0) is 20.0 Å². The van der Waals surface area contributed by atoms with Crippen LogP contribution in [0.25, 0.3) is 10.9 Å². The first-order valence-electron chi connectivity index (χ1n) is 10.00. The molecule has 182 valence electrons. The summed E-state index contributed by atoms with van der Waals surface area (Å²) in [5.74, 6) is -0.791. The Balaban J connectivity index is 2.07. The summed E-state index contributed by atoms with van der Waals surface area (Å²) in [5, 5.41) is 6.04. The first-order valence-corrected chi connectivity index (χ1v) is 13.2. The highest BCUT2D eigenvalue weighted by Crippen LogP contribution is 2.72. The lowest BCUT2D eigenvalue weighted by Crippen LogP contribution is -2.45. The van der Waals surface area contributed by atoms with E-state index in [1.165, 1.54) is 4.57 Å². The zero-order valence-electron chi connectivity index (χ0n) is 17.8. The molecule has 0 bridgehead atoms. The number of pyridine rings is 1. The average Bonchev–Trinajstić information content (AvgIpc) is 2.70. The van der Waals surface area contributed by atoms with Gasteiger partial charge in [-0.3, -0.25) is 13.9 Å². The number of anilines is 1. The molecule has 2 aromatic rings. The van der Waals surface area contributed by atoms with Gasteiger partial charge in [0.2, 0.25) is 0 Å². The van der Waals surface area contributed by atoms with Gasteiger partial charge in [-0.2, -0.15) is 0 Å². The van der Waals surface area contributed by atoms with Gasteiger partial charge in [0.1, 0.15) is 12.3 Å². The summed E-state index contributed by atoms with van der Waals surface area (Å²) in [6, 6.07) is 0.277. The normalized spacial score (nSPS) is 20.2. The highest BCUT2D eigenvalue weighted by molar-refractivity contribution is 7.71. The molecule has 1 fully saturated rings. The number of halogens is 1. The van der Waals surface area contributed by atoms with Crippen LogP contribution in [0.1, 0.15) is 18.5 Å². The Morgan fingerprint density at radius 1 is 1.12 bits per heavy atom. The van der Waals surface area contributed by atoms with E-state index in [9.17, 15) is 38.6 Å². The fourth-order valence-electron chi connectivity index (χ4n) is 4.26. The fraction of sp³-hybridized carbons (Fsp3) is 0.500. The van der Waals surface area contributed by atoms with E-state index >= 15 is 4.39 Å². The molecule has 33 heavy (non-hydrogen) atoms. The minimum Gasteiger partial charge on any atom is -0.487 e. The molecule has 15 heteroatoms. The van der Waals surface area contributed by atoms with Crippen LogP contribution in [0.15, 0.2) is 17.1 Å². The summed E-state index contributed by atoms with van der Waals surface area (Å²) in [6.45, 7) is 3.92. The quantitative estimate of drug-likeness (QED) is 0.360. The highest BCUT2D eigenvalue weighted by atomic mass is 31.2. The summed E-state index contributed by atoms with van der Waals surface area (Å²) in [6.07, 6.45) is 0.811. The van der Waals surface area contributed by atoms with Crippen molar-refractivity contribution in [3.63, 3.8) is 0 Å². The molecule has 0 spiro atoms. The molecule has 12 nitrogen and oxygen atoms in total. The standard InChI is InChI=1S/C18H24FN3O9P2/c1-10-9-31-17-14-11(7-13(19)15(17)21-5-3-20(2)4-6-21)16(23)12(8-22(10)14)18(24,32(25,26)27)33(28,29)30/h7-8,10,24H,3-6,9H2,1-2H3,(H2,25,26,27)(H2,28,29,30). The molecule has 2 aliphatic heterocycles. The van der Waals surface area contributed by atoms with Crippen LogP contribution in [-0.4, -0.2) is 74.0 Å². The minimum atomic E-state index is -5.99. The summed E-state index contributed by atoms with van der Waals surface area (Å²) in [5.41, 5.74) is -2.30. The van der Waals surface area contributed by atoms with Gasteiger partial charge in [-0.15, -0.1) is 0 Å². The summed E-state index contributed by atoms with van der Waals surface area (Å²) >= 11 is 0. The molecule has 1 saturated heterocycles. The molecular weight excluding hydrogens is 483 g/mol. The maximum absolute atomic E-state index is 15.3. The number of aliphatic hydroxyl groups is 1. The Hall–Kier alpha value is -1.82. The van der Waals surface area contributed by atoms with Gasteiger partial charge in [-0.25, -0.2) is 4.39 Å². The molecule has 1 aromatic heterocycles. The molecular formula is C18H24FN3O9P2. The van der Waals surface area contributed by atoms with Crippen molar-refractivity contribution in [2.24, 2.45) is 0 Å². The topological polar surface area (TPSA) is 173 Å². The molecule has 0 amide bonds. The molecule has 0 radical (unpaired) electrons. The Bertz CT molecular complexity index is 1260. The zero-order chi connectivity index (χ0) is 24.5. The molecule has 1 atom stereocenters. The summed E-state index contributed by atoms with van der Waals surface area (Å²) in [4.78, 5) is 55.5. The van der Waals surface area contributed by atoms with E-state index in [0.717, 1.165) is 12.3 Å². The maximum atomic E-state index is 15.3. The number of hydrogen-bond donors (Lipinski definition) is 5. The molecule has 1 aromatic carbocycles. The van der Waals surface area contributed by atoms with Gasteiger partial charge in [0.15, 0.2) is 17.0 Å². The molecule has 0 aliphatic carbocycles. The van der Waals surface area contributed by atoms with Gasteiger partial charge in [-0.1, -0.05) is 0 Å². The van der Waals surface area contributed by atoms with E-state index in [2.05, 4.69) is 4.90 Å². The van der Waals surface area contributed by atoms with Gasteiger partial charge in [0.05, 0.1) is 22.5 Å². The second-order valence-corrected chi connectivity index (χ2v) is 12.2. The monoisotopic (exact) mass is 507 g/mol. The lowest BCUT2D eigenvalue weighted by Gasteiger charge is -2.37. The number of piperazine rings is 1. The Labute approximate surface area is 187 Å². The highest BCUT2D eigenvalue weighted by Gasteiger charge is 2.62. The van der Waals surface area contributed by atoms with Crippen molar-refractivity contribution < 1.29 is 42.9 Å². The van der Waals surface area contributed by atoms with Crippen molar-refractivity contribution in [2.75, 3.05) is 44.7 Å². The van der Waals surface area contributed by atoms with Crippen molar-refractivity contribution in [3.05, 3.63) is 33.9 Å².